The lowest BCUT2D eigenvalue weighted by molar-refractivity contribution is -0.120. The molecule has 0 spiro atoms. The van der Waals surface area contributed by atoms with Gasteiger partial charge >= 0.3 is 0 Å². The quantitative estimate of drug-likeness (QED) is 0.692. The van der Waals surface area contributed by atoms with Gasteiger partial charge < -0.3 is 4.74 Å². The van der Waals surface area contributed by atoms with E-state index >= 15 is 0 Å². The molecule has 2 heteroatoms. The highest BCUT2D eigenvalue weighted by molar-refractivity contribution is 9.10. The normalized spacial score (nSPS) is 26.3. The van der Waals surface area contributed by atoms with Crippen LogP contribution in [0.5, 0.6) is 0 Å². The highest BCUT2D eigenvalue weighted by Gasteiger charge is 2.35. The molecule has 1 aromatic carbocycles. The number of benzene rings is 1. The predicted molar refractivity (Wildman–Crippen MR) is 84.6 cm³/mol. The fraction of sp³-hybridized carbons (Fsp3) is 0.647. The molecule has 1 heterocycles. The Morgan fingerprint density at radius 3 is 2.58 bits per heavy atom. The van der Waals surface area contributed by atoms with E-state index in [1.807, 2.05) is 0 Å². The first-order chi connectivity index (χ1) is 9.02. The minimum atomic E-state index is 0.0459. The molecule has 0 aromatic heterocycles. The Hall–Kier alpha value is -0.340. The number of halogens is 1. The molecule has 0 saturated carbocycles. The molecule has 1 aliphatic rings. The molecule has 0 aliphatic carbocycles. The fourth-order valence-corrected chi connectivity index (χ4v) is 3.26. The van der Waals surface area contributed by atoms with Gasteiger partial charge in [0.25, 0.3) is 0 Å². The minimum Gasteiger partial charge on any atom is -0.372 e. The second kappa shape index (κ2) is 6.41. The molecule has 0 N–H and O–H groups in total. The molecule has 2 atom stereocenters. The monoisotopic (exact) mass is 324 g/mol. The fourth-order valence-electron chi connectivity index (χ4n) is 3.00. The Labute approximate surface area is 125 Å². The Bertz CT molecular complexity index is 396. The van der Waals surface area contributed by atoms with Crippen molar-refractivity contribution in [1.82, 2.24) is 0 Å². The van der Waals surface area contributed by atoms with E-state index in [0.717, 1.165) is 10.9 Å². The largest absolute Gasteiger partial charge is 0.372 e. The van der Waals surface area contributed by atoms with Gasteiger partial charge in [-0.3, -0.25) is 0 Å². The van der Waals surface area contributed by atoms with Gasteiger partial charge in [0, 0.05) is 10.4 Å². The van der Waals surface area contributed by atoms with Crippen molar-refractivity contribution in [3.63, 3.8) is 0 Å². The zero-order valence-corrected chi connectivity index (χ0v) is 13.9. The maximum atomic E-state index is 6.36. The molecule has 0 bridgehead atoms. The summed E-state index contributed by atoms with van der Waals surface area (Å²) in [7, 11) is 0. The summed E-state index contributed by atoms with van der Waals surface area (Å²) in [5.41, 5.74) is 1.48. The molecular formula is C17H25BrO. The van der Waals surface area contributed by atoms with Crippen LogP contribution in [0.3, 0.4) is 0 Å². The van der Waals surface area contributed by atoms with Gasteiger partial charge in [-0.2, -0.15) is 0 Å². The van der Waals surface area contributed by atoms with Crippen LogP contribution >= 0.6 is 15.9 Å². The molecular weight excluding hydrogens is 300 g/mol. The lowest BCUT2D eigenvalue weighted by Gasteiger charge is -2.41. The Morgan fingerprint density at radius 2 is 1.95 bits per heavy atom. The molecule has 0 amide bonds. The zero-order chi connectivity index (χ0) is 13.9. The molecule has 19 heavy (non-hydrogen) atoms. The van der Waals surface area contributed by atoms with Gasteiger partial charge in [0.2, 0.25) is 0 Å². The summed E-state index contributed by atoms with van der Waals surface area (Å²) in [4.78, 5) is 0. The van der Waals surface area contributed by atoms with Crippen LogP contribution in [0, 0.1) is 0 Å². The lowest BCUT2D eigenvalue weighted by Crippen LogP contribution is -2.39. The summed E-state index contributed by atoms with van der Waals surface area (Å²) in [6, 6.07) is 8.78. The Balaban J connectivity index is 2.14. The molecule has 1 saturated heterocycles. The Morgan fingerprint density at radius 1 is 1.26 bits per heavy atom. The van der Waals surface area contributed by atoms with Gasteiger partial charge in [-0.1, -0.05) is 47.8 Å². The molecule has 2 rings (SSSR count). The van der Waals surface area contributed by atoms with Crippen molar-refractivity contribution in [3.8, 4) is 0 Å². The summed E-state index contributed by atoms with van der Waals surface area (Å²) < 4.78 is 7.51. The summed E-state index contributed by atoms with van der Waals surface area (Å²) in [6.45, 7) is 6.70. The van der Waals surface area contributed by atoms with Crippen molar-refractivity contribution in [2.75, 3.05) is 0 Å². The van der Waals surface area contributed by atoms with Gasteiger partial charge in [0.1, 0.15) is 0 Å². The third-order valence-corrected chi connectivity index (χ3v) is 4.65. The van der Waals surface area contributed by atoms with E-state index in [0.29, 0.717) is 12.0 Å². The van der Waals surface area contributed by atoms with Crippen LogP contribution in [0.4, 0.5) is 0 Å². The van der Waals surface area contributed by atoms with E-state index in [2.05, 4.69) is 61.0 Å². The summed E-state index contributed by atoms with van der Waals surface area (Å²) in [5, 5.41) is 0. The number of unbranched alkanes of at least 4 members (excludes halogenated alkanes) is 1. The highest BCUT2D eigenvalue weighted by atomic mass is 79.9. The smallest absolute Gasteiger partial charge is 0.0650 e. The third kappa shape index (κ3) is 4.06. The van der Waals surface area contributed by atoms with Crippen LogP contribution in [0.15, 0.2) is 28.7 Å². The summed E-state index contributed by atoms with van der Waals surface area (Å²) >= 11 is 3.51. The van der Waals surface area contributed by atoms with Gasteiger partial charge in [-0.05, 0) is 50.8 Å². The highest BCUT2D eigenvalue weighted by Crippen LogP contribution is 2.40. The average Bonchev–Trinajstić information content (AvgIpc) is 2.37. The van der Waals surface area contributed by atoms with Gasteiger partial charge in [0.05, 0.1) is 11.7 Å². The van der Waals surface area contributed by atoms with Crippen LogP contribution in [0.25, 0.3) is 0 Å². The van der Waals surface area contributed by atoms with E-state index in [-0.39, 0.29) is 5.60 Å². The summed E-state index contributed by atoms with van der Waals surface area (Å²) in [6.07, 6.45) is 6.45. The minimum absolute atomic E-state index is 0.0459. The maximum Gasteiger partial charge on any atom is 0.0650 e. The second-order valence-electron chi connectivity index (χ2n) is 6.25. The topological polar surface area (TPSA) is 9.23 Å². The number of rotatable bonds is 4. The maximum absolute atomic E-state index is 6.36. The average molecular weight is 325 g/mol. The van der Waals surface area contributed by atoms with E-state index in [4.69, 9.17) is 4.74 Å². The van der Waals surface area contributed by atoms with E-state index < -0.39 is 0 Å². The van der Waals surface area contributed by atoms with Crippen molar-refractivity contribution < 1.29 is 4.74 Å². The van der Waals surface area contributed by atoms with Crippen molar-refractivity contribution in [2.45, 2.75) is 70.5 Å². The summed E-state index contributed by atoms with van der Waals surface area (Å²) in [5.74, 6) is 0.563. The number of ether oxygens (including phenoxy) is 1. The third-order valence-electron chi connectivity index (χ3n) is 4.12. The SMILES string of the molecule is CCCC[C@@H]1OC(C)(C)CC[C@H]1c1ccc(Br)cc1. The first-order valence-electron chi connectivity index (χ1n) is 7.45. The van der Waals surface area contributed by atoms with Crippen LogP contribution in [0.2, 0.25) is 0 Å². The molecule has 106 valence electrons. The van der Waals surface area contributed by atoms with Crippen molar-refractivity contribution in [3.05, 3.63) is 34.3 Å². The van der Waals surface area contributed by atoms with E-state index in [1.165, 1.54) is 31.2 Å². The van der Waals surface area contributed by atoms with Crippen molar-refractivity contribution in [2.24, 2.45) is 0 Å². The first-order valence-corrected chi connectivity index (χ1v) is 8.24. The number of hydrogen-bond donors (Lipinski definition) is 0. The van der Waals surface area contributed by atoms with Gasteiger partial charge in [0.15, 0.2) is 0 Å². The molecule has 1 aliphatic heterocycles. The lowest BCUT2D eigenvalue weighted by atomic mass is 9.80. The van der Waals surface area contributed by atoms with Gasteiger partial charge in [-0.15, -0.1) is 0 Å². The van der Waals surface area contributed by atoms with Crippen LogP contribution in [-0.2, 0) is 4.74 Å². The molecule has 1 fully saturated rings. The Kier molecular flexibility index (Phi) is 5.08. The van der Waals surface area contributed by atoms with E-state index in [9.17, 15) is 0 Å². The van der Waals surface area contributed by atoms with Crippen LogP contribution in [0.1, 0.15) is 64.4 Å². The van der Waals surface area contributed by atoms with Gasteiger partial charge in [-0.25, -0.2) is 0 Å². The second-order valence-corrected chi connectivity index (χ2v) is 7.17. The molecule has 0 radical (unpaired) electrons. The van der Waals surface area contributed by atoms with Crippen molar-refractivity contribution >= 4 is 15.9 Å². The zero-order valence-electron chi connectivity index (χ0n) is 12.3. The van der Waals surface area contributed by atoms with Crippen LogP contribution < -0.4 is 0 Å². The molecule has 1 nitrogen and oxygen atoms in total. The molecule has 0 unspecified atom stereocenters. The van der Waals surface area contributed by atoms with Crippen LogP contribution in [-0.4, -0.2) is 11.7 Å². The molecule has 1 aromatic rings. The van der Waals surface area contributed by atoms with Crippen molar-refractivity contribution in [1.29, 1.82) is 0 Å². The number of hydrogen-bond acceptors (Lipinski definition) is 1. The predicted octanol–water partition coefficient (Wildman–Crippen LogP) is 5.68. The first kappa shape index (κ1) is 15.1. The van der Waals surface area contributed by atoms with E-state index in [1.54, 1.807) is 0 Å². The standard InChI is InChI=1S/C17H25BrO/c1-4-5-6-16-15(11-12-17(2,3)19-16)13-7-9-14(18)10-8-13/h7-10,15-16H,4-6,11-12H2,1-3H3/t15-,16-/m0/s1.